The highest BCUT2D eigenvalue weighted by molar-refractivity contribution is 5.67. The average molecular weight is 364 g/mol. The van der Waals surface area contributed by atoms with E-state index in [9.17, 15) is 0 Å². The standard InChI is InChI=1S/C21H24N4O2/c1-13-6-7-14(2)18(10-13)24-21-22-15(3)11-20(25-21)23-17-9-8-16(26-4)12-19(17)27-5/h6-12H,1-5H3,(H2,22,23,24,25). The molecular formula is C21H24N4O2. The Morgan fingerprint density at radius 1 is 0.778 bits per heavy atom. The Balaban J connectivity index is 1.89. The molecule has 2 aromatic carbocycles. The molecule has 6 heteroatoms. The van der Waals surface area contributed by atoms with Gasteiger partial charge in [0.25, 0.3) is 0 Å². The Hall–Kier alpha value is -3.28. The van der Waals surface area contributed by atoms with Gasteiger partial charge in [-0.05, 0) is 50.1 Å². The summed E-state index contributed by atoms with van der Waals surface area (Å²) < 4.78 is 10.7. The lowest BCUT2D eigenvalue weighted by Crippen LogP contribution is -2.04. The number of anilines is 4. The van der Waals surface area contributed by atoms with Gasteiger partial charge in [-0.25, -0.2) is 4.98 Å². The minimum atomic E-state index is 0.540. The van der Waals surface area contributed by atoms with E-state index in [2.05, 4.69) is 52.6 Å². The fourth-order valence-corrected chi connectivity index (χ4v) is 2.72. The van der Waals surface area contributed by atoms with Crippen LogP contribution in [0.4, 0.5) is 23.1 Å². The predicted octanol–water partition coefficient (Wildman–Crippen LogP) is 4.91. The first-order chi connectivity index (χ1) is 13.0. The number of hydrogen-bond donors (Lipinski definition) is 2. The van der Waals surface area contributed by atoms with Crippen LogP contribution in [0.15, 0.2) is 42.5 Å². The maximum Gasteiger partial charge on any atom is 0.229 e. The lowest BCUT2D eigenvalue weighted by molar-refractivity contribution is 0.395. The molecule has 0 saturated heterocycles. The molecule has 0 saturated carbocycles. The van der Waals surface area contributed by atoms with Gasteiger partial charge in [-0.3, -0.25) is 0 Å². The van der Waals surface area contributed by atoms with Crippen LogP contribution in [-0.4, -0.2) is 24.2 Å². The minimum Gasteiger partial charge on any atom is -0.497 e. The molecule has 0 fully saturated rings. The molecule has 140 valence electrons. The van der Waals surface area contributed by atoms with E-state index < -0.39 is 0 Å². The summed E-state index contributed by atoms with van der Waals surface area (Å²) in [6.45, 7) is 6.05. The zero-order chi connectivity index (χ0) is 19.4. The second-order valence-corrected chi connectivity index (χ2v) is 6.35. The molecule has 0 aliphatic rings. The molecule has 1 aromatic heterocycles. The Morgan fingerprint density at radius 2 is 1.59 bits per heavy atom. The van der Waals surface area contributed by atoms with Crippen LogP contribution >= 0.6 is 0 Å². The summed E-state index contributed by atoms with van der Waals surface area (Å²) in [7, 11) is 3.25. The number of rotatable bonds is 6. The van der Waals surface area contributed by atoms with Crippen LogP contribution in [0.5, 0.6) is 11.5 Å². The first-order valence-corrected chi connectivity index (χ1v) is 8.67. The molecule has 3 aromatic rings. The molecule has 0 aliphatic carbocycles. The summed E-state index contributed by atoms with van der Waals surface area (Å²) in [4.78, 5) is 9.09. The third kappa shape index (κ3) is 4.47. The van der Waals surface area contributed by atoms with Crippen molar-refractivity contribution in [2.24, 2.45) is 0 Å². The van der Waals surface area contributed by atoms with E-state index >= 15 is 0 Å². The van der Waals surface area contributed by atoms with Gasteiger partial charge in [-0.2, -0.15) is 4.98 Å². The van der Waals surface area contributed by atoms with Gasteiger partial charge >= 0.3 is 0 Å². The summed E-state index contributed by atoms with van der Waals surface area (Å²) in [5.41, 5.74) is 4.96. The molecular weight excluding hydrogens is 340 g/mol. The molecule has 0 unspecified atom stereocenters. The van der Waals surface area contributed by atoms with Gasteiger partial charge in [-0.1, -0.05) is 12.1 Å². The lowest BCUT2D eigenvalue weighted by Gasteiger charge is -2.14. The van der Waals surface area contributed by atoms with Gasteiger partial charge < -0.3 is 20.1 Å². The smallest absolute Gasteiger partial charge is 0.229 e. The number of ether oxygens (including phenoxy) is 2. The summed E-state index contributed by atoms with van der Waals surface area (Å²) >= 11 is 0. The molecule has 0 bridgehead atoms. The van der Waals surface area contributed by atoms with Crippen molar-refractivity contribution in [3.63, 3.8) is 0 Å². The number of aryl methyl sites for hydroxylation is 3. The summed E-state index contributed by atoms with van der Waals surface area (Å²) in [5.74, 6) is 2.63. The predicted molar refractivity (Wildman–Crippen MR) is 109 cm³/mol. The molecule has 27 heavy (non-hydrogen) atoms. The Labute approximate surface area is 159 Å². The normalized spacial score (nSPS) is 10.4. The number of methoxy groups -OCH3 is 2. The second-order valence-electron chi connectivity index (χ2n) is 6.35. The van der Waals surface area contributed by atoms with Crippen molar-refractivity contribution in [3.8, 4) is 11.5 Å². The molecule has 1 heterocycles. The van der Waals surface area contributed by atoms with Gasteiger partial charge in [0.05, 0.1) is 19.9 Å². The van der Waals surface area contributed by atoms with E-state index in [1.165, 1.54) is 5.56 Å². The summed E-state index contributed by atoms with van der Waals surface area (Å²) in [5, 5.41) is 6.61. The highest BCUT2D eigenvalue weighted by Crippen LogP contribution is 2.31. The molecule has 0 amide bonds. The minimum absolute atomic E-state index is 0.540. The van der Waals surface area contributed by atoms with Crippen molar-refractivity contribution in [2.75, 3.05) is 24.9 Å². The Morgan fingerprint density at radius 3 is 2.33 bits per heavy atom. The SMILES string of the molecule is COc1ccc(Nc2cc(C)nc(Nc3cc(C)ccc3C)n2)c(OC)c1. The van der Waals surface area contributed by atoms with E-state index in [0.29, 0.717) is 17.5 Å². The zero-order valence-corrected chi connectivity index (χ0v) is 16.3. The monoisotopic (exact) mass is 364 g/mol. The number of nitrogens with zero attached hydrogens (tertiary/aromatic N) is 2. The summed E-state index contributed by atoms with van der Waals surface area (Å²) in [6.07, 6.45) is 0. The quantitative estimate of drug-likeness (QED) is 0.648. The Bertz CT molecular complexity index is 957. The van der Waals surface area contributed by atoms with Crippen molar-refractivity contribution >= 4 is 23.1 Å². The molecule has 2 N–H and O–H groups in total. The van der Waals surface area contributed by atoms with Gasteiger partial charge in [0.15, 0.2) is 0 Å². The van der Waals surface area contributed by atoms with Crippen LogP contribution < -0.4 is 20.1 Å². The van der Waals surface area contributed by atoms with E-state index in [1.807, 2.05) is 31.2 Å². The first-order valence-electron chi connectivity index (χ1n) is 8.67. The molecule has 0 radical (unpaired) electrons. The third-order valence-electron chi connectivity index (χ3n) is 4.17. The van der Waals surface area contributed by atoms with E-state index in [1.54, 1.807) is 14.2 Å². The van der Waals surface area contributed by atoms with Crippen molar-refractivity contribution in [1.82, 2.24) is 9.97 Å². The highest BCUT2D eigenvalue weighted by Gasteiger charge is 2.09. The highest BCUT2D eigenvalue weighted by atomic mass is 16.5. The fourth-order valence-electron chi connectivity index (χ4n) is 2.72. The maximum atomic E-state index is 5.44. The number of benzene rings is 2. The van der Waals surface area contributed by atoms with Crippen LogP contribution in [0.25, 0.3) is 0 Å². The van der Waals surface area contributed by atoms with Crippen molar-refractivity contribution in [1.29, 1.82) is 0 Å². The van der Waals surface area contributed by atoms with Gasteiger partial charge in [0, 0.05) is 23.5 Å². The topological polar surface area (TPSA) is 68.3 Å². The second kappa shape index (κ2) is 7.95. The average Bonchev–Trinajstić information content (AvgIpc) is 2.64. The number of nitrogens with one attached hydrogen (secondary N) is 2. The van der Waals surface area contributed by atoms with E-state index in [4.69, 9.17) is 9.47 Å². The van der Waals surface area contributed by atoms with Gasteiger partial charge in [0.1, 0.15) is 17.3 Å². The van der Waals surface area contributed by atoms with E-state index in [0.717, 1.165) is 28.4 Å². The summed E-state index contributed by atoms with van der Waals surface area (Å²) in [6, 6.07) is 13.7. The van der Waals surface area contributed by atoms with Crippen LogP contribution in [0.3, 0.4) is 0 Å². The van der Waals surface area contributed by atoms with Crippen LogP contribution in [0, 0.1) is 20.8 Å². The van der Waals surface area contributed by atoms with Crippen molar-refractivity contribution < 1.29 is 9.47 Å². The van der Waals surface area contributed by atoms with Crippen LogP contribution in [0.1, 0.15) is 16.8 Å². The molecule has 6 nitrogen and oxygen atoms in total. The molecule has 3 rings (SSSR count). The van der Waals surface area contributed by atoms with Crippen molar-refractivity contribution in [2.45, 2.75) is 20.8 Å². The molecule has 0 spiro atoms. The first kappa shape index (κ1) is 18.5. The lowest BCUT2D eigenvalue weighted by atomic mass is 10.1. The van der Waals surface area contributed by atoms with Gasteiger partial charge in [0.2, 0.25) is 5.95 Å². The number of hydrogen-bond acceptors (Lipinski definition) is 6. The maximum absolute atomic E-state index is 5.44. The van der Waals surface area contributed by atoms with Crippen molar-refractivity contribution in [3.05, 3.63) is 59.3 Å². The van der Waals surface area contributed by atoms with Crippen LogP contribution in [-0.2, 0) is 0 Å². The fraction of sp³-hybridized carbons (Fsp3) is 0.238. The molecule has 0 atom stereocenters. The largest absolute Gasteiger partial charge is 0.497 e. The zero-order valence-electron chi connectivity index (χ0n) is 16.3. The third-order valence-corrected chi connectivity index (χ3v) is 4.17. The molecule has 0 aliphatic heterocycles. The van der Waals surface area contributed by atoms with E-state index in [-0.39, 0.29) is 0 Å². The number of aromatic nitrogens is 2. The van der Waals surface area contributed by atoms with Crippen LogP contribution in [0.2, 0.25) is 0 Å². The van der Waals surface area contributed by atoms with Gasteiger partial charge in [-0.15, -0.1) is 0 Å². The Kier molecular flexibility index (Phi) is 5.45.